The van der Waals surface area contributed by atoms with E-state index in [4.69, 9.17) is 5.11 Å². The lowest BCUT2D eigenvalue weighted by molar-refractivity contribution is 0.0697. The topological polar surface area (TPSA) is 74.7 Å². The fourth-order valence-corrected chi connectivity index (χ4v) is 4.66. The lowest BCUT2D eigenvalue weighted by atomic mass is 10.2. The van der Waals surface area contributed by atoms with E-state index in [0.29, 0.717) is 0 Å². The smallest absolute Gasteiger partial charge is 0.336 e. The molecule has 0 aliphatic heterocycles. The average Bonchev–Trinajstić information content (AvgIpc) is 2.89. The van der Waals surface area contributed by atoms with Gasteiger partial charge in [-0.3, -0.25) is 0 Å². The van der Waals surface area contributed by atoms with Crippen molar-refractivity contribution in [3.8, 4) is 0 Å². The Morgan fingerprint density at radius 3 is 2.67 bits per heavy atom. The number of benzene rings is 1. The molecule has 0 spiro atoms. The van der Waals surface area contributed by atoms with E-state index in [0.717, 1.165) is 21.4 Å². The molecule has 8 heteroatoms. The number of hydrogen-bond acceptors (Lipinski definition) is 4. The van der Waals surface area contributed by atoms with Crippen LogP contribution in [0.15, 0.2) is 44.4 Å². The Labute approximate surface area is 135 Å². The van der Waals surface area contributed by atoms with Gasteiger partial charge in [0, 0.05) is 23.4 Å². The van der Waals surface area contributed by atoms with Gasteiger partial charge >= 0.3 is 5.97 Å². The number of thiophene rings is 1. The van der Waals surface area contributed by atoms with Crippen molar-refractivity contribution in [2.24, 2.45) is 0 Å². The highest BCUT2D eigenvalue weighted by atomic mass is 79.9. The molecule has 0 unspecified atom stereocenters. The minimum absolute atomic E-state index is 0.0190. The van der Waals surface area contributed by atoms with E-state index in [1.807, 2.05) is 24.3 Å². The number of aromatic carboxylic acids is 1. The maximum atomic E-state index is 12.4. The molecule has 0 bridgehead atoms. The van der Waals surface area contributed by atoms with Gasteiger partial charge in [0.1, 0.15) is 4.21 Å². The van der Waals surface area contributed by atoms with Crippen LogP contribution in [-0.2, 0) is 16.6 Å². The second-order valence-corrected chi connectivity index (χ2v) is 8.45. The van der Waals surface area contributed by atoms with Crippen LogP contribution in [0.2, 0.25) is 0 Å². The first-order valence-corrected chi connectivity index (χ1v) is 8.94. The molecule has 1 aromatic heterocycles. The largest absolute Gasteiger partial charge is 0.478 e. The fraction of sp³-hybridized carbons (Fsp3) is 0.154. The predicted octanol–water partition coefficient (Wildman–Crippen LogP) is 3.03. The van der Waals surface area contributed by atoms with Crippen molar-refractivity contribution in [2.75, 3.05) is 7.05 Å². The Kier molecular flexibility index (Phi) is 4.82. The molecule has 1 N–H and O–H groups in total. The number of sulfonamides is 1. The van der Waals surface area contributed by atoms with Crippen LogP contribution in [-0.4, -0.2) is 30.8 Å². The Hall–Kier alpha value is -1.22. The fourth-order valence-electron chi connectivity index (χ4n) is 1.69. The quantitative estimate of drug-likeness (QED) is 0.852. The van der Waals surface area contributed by atoms with Crippen LogP contribution >= 0.6 is 27.3 Å². The second-order valence-electron chi connectivity index (χ2n) is 4.35. The summed E-state index contributed by atoms with van der Waals surface area (Å²) in [6, 6.07) is 8.53. The van der Waals surface area contributed by atoms with Crippen molar-refractivity contribution >= 4 is 43.3 Å². The van der Waals surface area contributed by atoms with Gasteiger partial charge in [-0.05, 0) is 23.8 Å². The first kappa shape index (κ1) is 16.2. The molecule has 0 aliphatic carbocycles. The molecule has 2 rings (SSSR count). The molecule has 1 heterocycles. The summed E-state index contributed by atoms with van der Waals surface area (Å²) in [5.41, 5.74) is 0.819. The van der Waals surface area contributed by atoms with Crippen LogP contribution in [0.4, 0.5) is 0 Å². The summed E-state index contributed by atoms with van der Waals surface area (Å²) in [5.74, 6) is -1.14. The number of carbonyl (C=O) groups is 1. The van der Waals surface area contributed by atoms with Gasteiger partial charge in [-0.15, -0.1) is 11.3 Å². The predicted molar refractivity (Wildman–Crippen MR) is 84.1 cm³/mol. The third-order valence-corrected chi connectivity index (χ3v) is 6.49. The number of carboxylic acids is 1. The standard InChI is InChI=1S/C13H12BrNO4S2/c1-15(7-9-3-2-4-11(14)5-9)21(18,19)12-6-10(8-20-12)13(16)17/h2-6,8H,7H2,1H3,(H,16,17). The van der Waals surface area contributed by atoms with Crippen molar-refractivity contribution in [3.63, 3.8) is 0 Å². The van der Waals surface area contributed by atoms with E-state index in [1.54, 1.807) is 0 Å². The van der Waals surface area contributed by atoms with E-state index >= 15 is 0 Å². The van der Waals surface area contributed by atoms with Crippen molar-refractivity contribution in [1.29, 1.82) is 0 Å². The summed E-state index contributed by atoms with van der Waals surface area (Å²) < 4.78 is 26.9. The highest BCUT2D eigenvalue weighted by Crippen LogP contribution is 2.24. The molecule has 2 aromatic rings. The van der Waals surface area contributed by atoms with Crippen molar-refractivity contribution in [1.82, 2.24) is 4.31 Å². The lowest BCUT2D eigenvalue weighted by Gasteiger charge is -2.16. The molecule has 0 amide bonds. The number of hydrogen-bond donors (Lipinski definition) is 1. The van der Waals surface area contributed by atoms with E-state index < -0.39 is 16.0 Å². The Balaban J connectivity index is 2.23. The van der Waals surface area contributed by atoms with Gasteiger partial charge in [0.05, 0.1) is 5.56 Å². The molecule has 0 radical (unpaired) electrons. The molecule has 0 saturated carbocycles. The monoisotopic (exact) mass is 389 g/mol. The van der Waals surface area contributed by atoms with Crippen LogP contribution < -0.4 is 0 Å². The molecule has 112 valence electrons. The number of carboxylic acid groups (broad SMARTS) is 1. The first-order valence-electron chi connectivity index (χ1n) is 5.83. The molecule has 0 aliphatic rings. The second kappa shape index (κ2) is 6.27. The molecule has 21 heavy (non-hydrogen) atoms. The third-order valence-electron chi connectivity index (χ3n) is 2.78. The molecule has 0 fully saturated rings. The van der Waals surface area contributed by atoms with Gasteiger partial charge in [0.15, 0.2) is 0 Å². The van der Waals surface area contributed by atoms with Crippen molar-refractivity contribution in [3.05, 3.63) is 51.3 Å². The van der Waals surface area contributed by atoms with Crippen molar-refractivity contribution in [2.45, 2.75) is 10.8 Å². The van der Waals surface area contributed by atoms with E-state index in [1.165, 1.54) is 22.8 Å². The van der Waals surface area contributed by atoms with Gasteiger partial charge in [0.25, 0.3) is 10.0 Å². The Bertz CT molecular complexity index is 770. The summed E-state index contributed by atoms with van der Waals surface area (Å²) in [6.07, 6.45) is 0. The number of nitrogens with zero attached hydrogens (tertiary/aromatic N) is 1. The maximum absolute atomic E-state index is 12.4. The molecule has 5 nitrogen and oxygen atoms in total. The molecule has 0 saturated heterocycles. The maximum Gasteiger partial charge on any atom is 0.336 e. The molecule has 0 atom stereocenters. The van der Waals surface area contributed by atoms with Crippen molar-refractivity contribution < 1.29 is 18.3 Å². The van der Waals surface area contributed by atoms with Crippen LogP contribution in [0, 0.1) is 0 Å². The summed E-state index contributed by atoms with van der Waals surface area (Å²) in [6.45, 7) is 0.210. The van der Waals surface area contributed by atoms with E-state index in [-0.39, 0.29) is 16.3 Å². The zero-order chi connectivity index (χ0) is 15.6. The lowest BCUT2D eigenvalue weighted by Crippen LogP contribution is -2.25. The first-order chi connectivity index (χ1) is 9.80. The van der Waals surface area contributed by atoms with E-state index in [2.05, 4.69) is 15.9 Å². The van der Waals surface area contributed by atoms with Crippen LogP contribution in [0.1, 0.15) is 15.9 Å². The summed E-state index contributed by atoms with van der Waals surface area (Å²) in [5, 5.41) is 10.2. The van der Waals surface area contributed by atoms with Gasteiger partial charge in [0.2, 0.25) is 0 Å². The third kappa shape index (κ3) is 3.70. The van der Waals surface area contributed by atoms with E-state index in [9.17, 15) is 13.2 Å². The molecular formula is C13H12BrNO4S2. The Morgan fingerprint density at radius 1 is 1.38 bits per heavy atom. The SMILES string of the molecule is CN(Cc1cccc(Br)c1)S(=O)(=O)c1cc(C(=O)O)cs1. The summed E-state index contributed by atoms with van der Waals surface area (Å²) >= 11 is 4.24. The van der Waals surface area contributed by atoms with Gasteiger partial charge in [-0.2, -0.15) is 4.31 Å². The zero-order valence-electron chi connectivity index (χ0n) is 11.0. The normalized spacial score (nSPS) is 11.8. The minimum Gasteiger partial charge on any atom is -0.478 e. The van der Waals surface area contributed by atoms with Crippen LogP contribution in [0.25, 0.3) is 0 Å². The molecule has 1 aromatic carbocycles. The summed E-state index contributed by atoms with van der Waals surface area (Å²) in [7, 11) is -2.22. The number of halogens is 1. The summed E-state index contributed by atoms with van der Waals surface area (Å²) in [4.78, 5) is 10.8. The highest BCUT2D eigenvalue weighted by molar-refractivity contribution is 9.10. The van der Waals surface area contributed by atoms with Gasteiger partial charge < -0.3 is 5.11 Å². The number of rotatable bonds is 5. The van der Waals surface area contributed by atoms with Crippen LogP contribution in [0.3, 0.4) is 0 Å². The minimum atomic E-state index is -3.69. The van der Waals surface area contributed by atoms with Gasteiger partial charge in [-0.25, -0.2) is 13.2 Å². The van der Waals surface area contributed by atoms with Crippen LogP contribution in [0.5, 0.6) is 0 Å². The zero-order valence-corrected chi connectivity index (χ0v) is 14.2. The average molecular weight is 390 g/mol. The highest BCUT2D eigenvalue weighted by Gasteiger charge is 2.24. The Morgan fingerprint density at radius 2 is 2.10 bits per heavy atom. The molecular weight excluding hydrogens is 378 g/mol. The van der Waals surface area contributed by atoms with Gasteiger partial charge in [-0.1, -0.05) is 28.1 Å².